The van der Waals surface area contributed by atoms with Crippen molar-refractivity contribution in [3.8, 4) is 11.5 Å². The monoisotopic (exact) mass is 367 g/mol. The summed E-state index contributed by atoms with van der Waals surface area (Å²) in [5, 5.41) is 7.47. The van der Waals surface area contributed by atoms with Crippen LogP contribution in [0.2, 0.25) is 0 Å². The number of benzene rings is 2. The van der Waals surface area contributed by atoms with Crippen molar-refractivity contribution < 1.29 is 9.47 Å². The van der Waals surface area contributed by atoms with Crippen LogP contribution < -0.4 is 25.0 Å². The van der Waals surface area contributed by atoms with Gasteiger partial charge in [-0.3, -0.25) is 0 Å². The van der Waals surface area contributed by atoms with Gasteiger partial charge in [0.15, 0.2) is 0 Å². The minimum absolute atomic E-state index is 0.342. The minimum atomic E-state index is 0.342. The van der Waals surface area contributed by atoms with E-state index in [0.717, 1.165) is 43.4 Å². The van der Waals surface area contributed by atoms with Crippen LogP contribution in [0.15, 0.2) is 42.5 Å². The van der Waals surface area contributed by atoms with Gasteiger partial charge < -0.3 is 25.0 Å². The molecule has 2 unspecified atom stereocenters. The highest BCUT2D eigenvalue weighted by molar-refractivity contribution is 5.64. The third kappa shape index (κ3) is 3.89. The van der Waals surface area contributed by atoms with E-state index in [4.69, 9.17) is 9.47 Å². The Morgan fingerprint density at radius 1 is 1.26 bits per heavy atom. The first-order valence-electron chi connectivity index (χ1n) is 9.83. The predicted molar refractivity (Wildman–Crippen MR) is 109 cm³/mol. The molecule has 0 radical (unpaired) electrons. The average Bonchev–Trinajstić information content (AvgIpc) is 2.73. The zero-order valence-electron chi connectivity index (χ0n) is 16.2. The quantitative estimate of drug-likeness (QED) is 0.850. The van der Waals surface area contributed by atoms with Gasteiger partial charge in [-0.25, -0.2) is 0 Å². The van der Waals surface area contributed by atoms with E-state index in [1.807, 2.05) is 6.07 Å². The smallest absolute Gasteiger partial charge is 0.146 e. The molecule has 5 nitrogen and oxygen atoms in total. The van der Waals surface area contributed by atoms with Gasteiger partial charge in [0.2, 0.25) is 0 Å². The summed E-state index contributed by atoms with van der Waals surface area (Å²) in [6.07, 6.45) is 2.36. The van der Waals surface area contributed by atoms with Crippen LogP contribution in [0, 0.1) is 0 Å². The van der Waals surface area contributed by atoms with E-state index < -0.39 is 0 Å². The molecule has 4 rings (SSSR count). The van der Waals surface area contributed by atoms with Crippen molar-refractivity contribution in [3.63, 3.8) is 0 Å². The maximum atomic E-state index is 5.81. The summed E-state index contributed by atoms with van der Waals surface area (Å²) in [4.78, 5) is 2.25. The molecular formula is C22H29N3O2. The molecule has 2 aliphatic heterocycles. The van der Waals surface area contributed by atoms with E-state index >= 15 is 0 Å². The van der Waals surface area contributed by atoms with Gasteiger partial charge >= 0.3 is 0 Å². The van der Waals surface area contributed by atoms with Crippen LogP contribution in [0.3, 0.4) is 0 Å². The molecule has 2 heterocycles. The topological polar surface area (TPSA) is 45.8 Å². The van der Waals surface area contributed by atoms with Crippen LogP contribution in [0.1, 0.15) is 30.0 Å². The van der Waals surface area contributed by atoms with Crippen LogP contribution in [-0.4, -0.2) is 39.9 Å². The van der Waals surface area contributed by atoms with Crippen LogP contribution in [0.5, 0.6) is 11.5 Å². The number of ether oxygens (including phenoxy) is 2. The Kier molecular flexibility index (Phi) is 5.50. The van der Waals surface area contributed by atoms with E-state index in [2.05, 4.69) is 59.0 Å². The Hall–Kier alpha value is -2.24. The second-order valence-corrected chi connectivity index (χ2v) is 7.37. The molecule has 0 aliphatic carbocycles. The number of methoxy groups -OCH3 is 1. The first kappa shape index (κ1) is 18.1. The van der Waals surface area contributed by atoms with Gasteiger partial charge in [-0.05, 0) is 31.0 Å². The molecule has 0 saturated carbocycles. The first-order valence-corrected chi connectivity index (χ1v) is 9.83. The summed E-state index contributed by atoms with van der Waals surface area (Å²) in [5.41, 5.74) is 3.66. The number of anilines is 1. The highest BCUT2D eigenvalue weighted by atomic mass is 16.5. The van der Waals surface area contributed by atoms with E-state index in [1.54, 1.807) is 7.11 Å². The maximum absolute atomic E-state index is 5.81. The number of hydrogen-bond donors (Lipinski definition) is 2. The van der Waals surface area contributed by atoms with E-state index in [9.17, 15) is 0 Å². The number of fused-ring (bicyclic) bond motifs is 1. The zero-order chi connectivity index (χ0) is 18.6. The fraction of sp³-hybridized carbons (Fsp3) is 0.455. The van der Waals surface area contributed by atoms with Crippen molar-refractivity contribution in [2.45, 2.75) is 31.5 Å². The van der Waals surface area contributed by atoms with Crippen molar-refractivity contribution in [1.29, 1.82) is 0 Å². The molecule has 2 atom stereocenters. The van der Waals surface area contributed by atoms with E-state index in [-0.39, 0.29) is 0 Å². The van der Waals surface area contributed by atoms with E-state index in [1.165, 1.54) is 24.0 Å². The lowest BCUT2D eigenvalue weighted by Gasteiger charge is -2.34. The Balaban J connectivity index is 1.52. The SMILES string of the molecule is COc1cc2c(cc1CNC1CCCNC1c1ccccc1)N(C)CCO2. The standard InChI is InChI=1S/C22H29N3O2/c1-25-11-12-27-21-14-20(26-2)17(13-19(21)25)15-24-18-9-6-10-23-22(18)16-7-4-3-5-8-16/h3-5,7-8,13-14,18,22-24H,6,9-12,15H2,1-2H3. The Bertz CT molecular complexity index is 766. The molecule has 2 N–H and O–H groups in total. The van der Waals surface area contributed by atoms with Gasteiger partial charge in [-0.15, -0.1) is 0 Å². The summed E-state index contributed by atoms with van der Waals surface area (Å²) in [5.74, 6) is 1.79. The summed E-state index contributed by atoms with van der Waals surface area (Å²) < 4.78 is 11.5. The molecule has 27 heavy (non-hydrogen) atoms. The van der Waals surface area contributed by atoms with Crippen molar-refractivity contribution in [3.05, 3.63) is 53.6 Å². The molecule has 0 aromatic heterocycles. The molecule has 1 fully saturated rings. The second-order valence-electron chi connectivity index (χ2n) is 7.37. The average molecular weight is 367 g/mol. The minimum Gasteiger partial charge on any atom is -0.496 e. The lowest BCUT2D eigenvalue weighted by atomic mass is 9.92. The predicted octanol–water partition coefficient (Wildman–Crippen LogP) is 3.11. The number of nitrogens with zero attached hydrogens (tertiary/aromatic N) is 1. The maximum Gasteiger partial charge on any atom is 0.146 e. The summed E-state index contributed by atoms with van der Waals surface area (Å²) in [6, 6.07) is 15.7. The molecular weight excluding hydrogens is 338 g/mol. The van der Waals surface area contributed by atoms with Crippen molar-refractivity contribution in [2.75, 3.05) is 38.8 Å². The van der Waals surface area contributed by atoms with Crippen LogP contribution >= 0.6 is 0 Å². The zero-order valence-corrected chi connectivity index (χ0v) is 16.2. The Morgan fingerprint density at radius 2 is 2.11 bits per heavy atom. The molecule has 0 bridgehead atoms. The van der Waals surface area contributed by atoms with Gasteiger partial charge in [0, 0.05) is 37.3 Å². The van der Waals surface area contributed by atoms with Gasteiger partial charge in [0.1, 0.15) is 18.1 Å². The summed E-state index contributed by atoms with van der Waals surface area (Å²) >= 11 is 0. The lowest BCUT2D eigenvalue weighted by molar-refractivity contribution is 0.300. The molecule has 0 spiro atoms. The fourth-order valence-corrected chi connectivity index (χ4v) is 4.11. The highest BCUT2D eigenvalue weighted by Crippen LogP contribution is 2.37. The van der Waals surface area contributed by atoms with Crippen LogP contribution in [0.4, 0.5) is 5.69 Å². The summed E-state index contributed by atoms with van der Waals surface area (Å²) in [6.45, 7) is 3.48. The first-order chi connectivity index (χ1) is 13.3. The van der Waals surface area contributed by atoms with Gasteiger partial charge in [-0.1, -0.05) is 30.3 Å². The molecule has 5 heteroatoms. The molecule has 1 saturated heterocycles. The number of hydrogen-bond acceptors (Lipinski definition) is 5. The van der Waals surface area contributed by atoms with Crippen molar-refractivity contribution >= 4 is 5.69 Å². The number of nitrogens with one attached hydrogen (secondary N) is 2. The van der Waals surface area contributed by atoms with Crippen LogP contribution in [0.25, 0.3) is 0 Å². The number of piperidine rings is 1. The summed E-state index contributed by atoms with van der Waals surface area (Å²) in [7, 11) is 3.84. The van der Waals surface area contributed by atoms with Gasteiger partial charge in [0.05, 0.1) is 19.3 Å². The Labute approximate surface area is 161 Å². The molecule has 2 aliphatic rings. The molecule has 144 valence electrons. The van der Waals surface area contributed by atoms with Gasteiger partial charge in [-0.2, -0.15) is 0 Å². The largest absolute Gasteiger partial charge is 0.496 e. The van der Waals surface area contributed by atoms with Crippen molar-refractivity contribution in [1.82, 2.24) is 10.6 Å². The van der Waals surface area contributed by atoms with Crippen LogP contribution in [-0.2, 0) is 6.54 Å². The fourth-order valence-electron chi connectivity index (χ4n) is 4.11. The lowest BCUT2D eigenvalue weighted by Crippen LogP contribution is -2.45. The molecule has 2 aromatic carbocycles. The van der Waals surface area contributed by atoms with Gasteiger partial charge in [0.25, 0.3) is 0 Å². The highest BCUT2D eigenvalue weighted by Gasteiger charge is 2.26. The second kappa shape index (κ2) is 8.19. The molecule has 2 aromatic rings. The third-order valence-electron chi connectivity index (χ3n) is 5.63. The number of likely N-dealkylation sites (N-methyl/N-ethyl adjacent to an activating group) is 1. The van der Waals surface area contributed by atoms with E-state index in [0.29, 0.717) is 12.1 Å². The third-order valence-corrected chi connectivity index (χ3v) is 5.63. The molecule has 0 amide bonds. The normalized spacial score (nSPS) is 22.1. The Morgan fingerprint density at radius 3 is 2.93 bits per heavy atom. The van der Waals surface area contributed by atoms with Crippen molar-refractivity contribution in [2.24, 2.45) is 0 Å². The number of rotatable bonds is 5.